The van der Waals surface area contributed by atoms with Gasteiger partial charge in [-0.05, 0) is 13.0 Å². The zero-order valence-electron chi connectivity index (χ0n) is 9.06. The molecule has 0 aliphatic rings. The standard InChI is InChI=1S/C8H18N2O4S/c1-3-10(15(2,13)14)6-4-5-9-7-8(11)12/h9H,3-7H2,1-2H3,(H,11,12). The zero-order valence-corrected chi connectivity index (χ0v) is 9.88. The molecule has 0 aromatic rings. The summed E-state index contributed by atoms with van der Waals surface area (Å²) >= 11 is 0. The van der Waals surface area contributed by atoms with Crippen molar-refractivity contribution in [2.45, 2.75) is 13.3 Å². The molecule has 0 heterocycles. The Morgan fingerprint density at radius 2 is 2.07 bits per heavy atom. The Balaban J connectivity index is 3.70. The molecule has 0 aromatic carbocycles. The predicted molar refractivity (Wildman–Crippen MR) is 57.2 cm³/mol. The highest BCUT2D eigenvalue weighted by Gasteiger charge is 2.12. The fourth-order valence-electron chi connectivity index (χ4n) is 1.13. The third-order valence-electron chi connectivity index (χ3n) is 1.86. The van der Waals surface area contributed by atoms with Crippen LogP contribution in [0.5, 0.6) is 0 Å². The van der Waals surface area contributed by atoms with Crippen molar-refractivity contribution in [3.05, 3.63) is 0 Å². The number of carboxylic acids is 1. The SMILES string of the molecule is CCN(CCCNCC(=O)O)S(C)(=O)=O. The molecule has 0 fully saturated rings. The number of carboxylic acid groups (broad SMARTS) is 1. The first-order valence-electron chi connectivity index (χ1n) is 4.75. The second-order valence-corrected chi connectivity index (χ2v) is 5.16. The molecule has 7 heteroatoms. The summed E-state index contributed by atoms with van der Waals surface area (Å²) in [5, 5.41) is 11.0. The summed E-state index contributed by atoms with van der Waals surface area (Å²) < 4.78 is 23.6. The molecule has 0 saturated carbocycles. The zero-order chi connectivity index (χ0) is 11.9. The van der Waals surface area contributed by atoms with Crippen molar-refractivity contribution in [3.8, 4) is 0 Å². The number of aliphatic carboxylic acids is 1. The normalized spacial score (nSPS) is 11.9. The molecular weight excluding hydrogens is 220 g/mol. The van der Waals surface area contributed by atoms with Crippen molar-refractivity contribution in [2.75, 3.05) is 32.4 Å². The Morgan fingerprint density at radius 3 is 2.47 bits per heavy atom. The quantitative estimate of drug-likeness (QED) is 0.548. The van der Waals surface area contributed by atoms with Gasteiger partial charge >= 0.3 is 5.97 Å². The third-order valence-corrected chi connectivity index (χ3v) is 3.24. The summed E-state index contributed by atoms with van der Waals surface area (Å²) in [6, 6.07) is 0. The van der Waals surface area contributed by atoms with E-state index >= 15 is 0 Å². The maximum Gasteiger partial charge on any atom is 0.317 e. The average molecular weight is 238 g/mol. The lowest BCUT2D eigenvalue weighted by molar-refractivity contribution is -0.135. The van der Waals surface area contributed by atoms with Gasteiger partial charge in [0.2, 0.25) is 10.0 Å². The first-order valence-corrected chi connectivity index (χ1v) is 6.60. The summed E-state index contributed by atoms with van der Waals surface area (Å²) in [5.41, 5.74) is 0. The fourth-order valence-corrected chi connectivity index (χ4v) is 2.06. The van der Waals surface area contributed by atoms with Crippen LogP contribution in [0, 0.1) is 0 Å². The van der Waals surface area contributed by atoms with Crippen molar-refractivity contribution >= 4 is 16.0 Å². The third kappa shape index (κ3) is 7.29. The van der Waals surface area contributed by atoms with Crippen LogP contribution in [0.15, 0.2) is 0 Å². The average Bonchev–Trinajstić information content (AvgIpc) is 2.08. The van der Waals surface area contributed by atoms with Crippen LogP contribution in [-0.4, -0.2) is 56.2 Å². The maximum atomic E-state index is 11.1. The van der Waals surface area contributed by atoms with E-state index < -0.39 is 16.0 Å². The molecule has 6 nitrogen and oxygen atoms in total. The van der Waals surface area contributed by atoms with Crippen LogP contribution in [0.3, 0.4) is 0 Å². The molecule has 0 amide bonds. The molecule has 0 aromatic heterocycles. The van der Waals surface area contributed by atoms with Gasteiger partial charge in [-0.25, -0.2) is 12.7 Å². The smallest absolute Gasteiger partial charge is 0.317 e. The second kappa shape index (κ2) is 6.76. The number of hydrogen-bond donors (Lipinski definition) is 2. The molecule has 2 N–H and O–H groups in total. The van der Waals surface area contributed by atoms with Gasteiger partial charge in [0.05, 0.1) is 12.8 Å². The summed E-state index contributed by atoms with van der Waals surface area (Å²) in [5.74, 6) is -0.912. The minimum Gasteiger partial charge on any atom is -0.480 e. The van der Waals surface area contributed by atoms with E-state index in [0.29, 0.717) is 26.1 Å². The molecule has 0 unspecified atom stereocenters. The van der Waals surface area contributed by atoms with Crippen LogP contribution in [0.25, 0.3) is 0 Å². The van der Waals surface area contributed by atoms with E-state index in [1.165, 1.54) is 10.6 Å². The fraction of sp³-hybridized carbons (Fsp3) is 0.875. The number of hydrogen-bond acceptors (Lipinski definition) is 4. The van der Waals surface area contributed by atoms with Gasteiger partial charge in [0.15, 0.2) is 0 Å². The molecule has 0 bridgehead atoms. The van der Waals surface area contributed by atoms with Crippen LogP contribution in [0.4, 0.5) is 0 Å². The second-order valence-electron chi connectivity index (χ2n) is 3.18. The van der Waals surface area contributed by atoms with Gasteiger partial charge in [-0.15, -0.1) is 0 Å². The highest BCUT2D eigenvalue weighted by molar-refractivity contribution is 7.88. The minimum atomic E-state index is -3.13. The topological polar surface area (TPSA) is 86.7 Å². The van der Waals surface area contributed by atoms with Gasteiger partial charge in [-0.1, -0.05) is 6.92 Å². The van der Waals surface area contributed by atoms with E-state index in [1.807, 2.05) is 0 Å². The van der Waals surface area contributed by atoms with Crippen LogP contribution < -0.4 is 5.32 Å². The van der Waals surface area contributed by atoms with E-state index in [4.69, 9.17) is 5.11 Å². The lowest BCUT2D eigenvalue weighted by atomic mass is 10.4. The lowest BCUT2D eigenvalue weighted by Gasteiger charge is -2.17. The van der Waals surface area contributed by atoms with Gasteiger partial charge < -0.3 is 10.4 Å². The molecule has 0 radical (unpaired) electrons. The van der Waals surface area contributed by atoms with E-state index in [0.717, 1.165) is 0 Å². The van der Waals surface area contributed by atoms with Crippen molar-refractivity contribution in [3.63, 3.8) is 0 Å². The van der Waals surface area contributed by atoms with E-state index in [2.05, 4.69) is 5.32 Å². The Kier molecular flexibility index (Phi) is 6.46. The molecule has 0 spiro atoms. The van der Waals surface area contributed by atoms with Gasteiger partial charge in [0, 0.05) is 13.1 Å². The van der Waals surface area contributed by atoms with E-state index in [9.17, 15) is 13.2 Å². The number of nitrogens with zero attached hydrogens (tertiary/aromatic N) is 1. The van der Waals surface area contributed by atoms with E-state index in [1.54, 1.807) is 6.92 Å². The first kappa shape index (κ1) is 14.3. The number of rotatable bonds is 8. The monoisotopic (exact) mass is 238 g/mol. The number of sulfonamides is 1. The number of nitrogens with one attached hydrogen (secondary N) is 1. The first-order chi connectivity index (χ1) is 6.88. The molecule has 0 aliphatic carbocycles. The Labute approximate surface area is 90.3 Å². The summed E-state index contributed by atoms with van der Waals surface area (Å²) in [6.45, 7) is 3.04. The summed E-state index contributed by atoms with van der Waals surface area (Å²) in [6.07, 6.45) is 1.77. The highest BCUT2D eigenvalue weighted by atomic mass is 32.2. The van der Waals surface area contributed by atoms with Crippen LogP contribution >= 0.6 is 0 Å². The van der Waals surface area contributed by atoms with Crippen LogP contribution in [0.1, 0.15) is 13.3 Å². The minimum absolute atomic E-state index is 0.0923. The van der Waals surface area contributed by atoms with Crippen molar-refractivity contribution < 1.29 is 18.3 Å². The Bertz CT molecular complexity index is 289. The largest absolute Gasteiger partial charge is 0.480 e. The molecule has 90 valence electrons. The predicted octanol–water partition coefficient (Wildman–Crippen LogP) is -0.668. The molecule has 0 rings (SSSR count). The van der Waals surface area contributed by atoms with E-state index in [-0.39, 0.29) is 6.54 Å². The summed E-state index contributed by atoms with van der Waals surface area (Å²) in [7, 11) is -3.13. The molecule has 15 heavy (non-hydrogen) atoms. The number of carbonyl (C=O) groups is 1. The van der Waals surface area contributed by atoms with Gasteiger partial charge in [-0.3, -0.25) is 4.79 Å². The molecular formula is C8H18N2O4S. The Hall–Kier alpha value is -0.660. The van der Waals surface area contributed by atoms with Crippen LogP contribution in [-0.2, 0) is 14.8 Å². The van der Waals surface area contributed by atoms with Crippen molar-refractivity contribution in [2.24, 2.45) is 0 Å². The lowest BCUT2D eigenvalue weighted by Crippen LogP contribution is -2.33. The molecule has 0 atom stereocenters. The molecule has 0 saturated heterocycles. The van der Waals surface area contributed by atoms with Crippen LogP contribution in [0.2, 0.25) is 0 Å². The summed E-state index contributed by atoms with van der Waals surface area (Å²) in [4.78, 5) is 10.1. The van der Waals surface area contributed by atoms with Crippen molar-refractivity contribution in [1.82, 2.24) is 9.62 Å². The van der Waals surface area contributed by atoms with Gasteiger partial charge in [0.1, 0.15) is 0 Å². The van der Waals surface area contributed by atoms with Gasteiger partial charge in [0.25, 0.3) is 0 Å². The van der Waals surface area contributed by atoms with Gasteiger partial charge in [-0.2, -0.15) is 0 Å². The Morgan fingerprint density at radius 1 is 1.47 bits per heavy atom. The van der Waals surface area contributed by atoms with Crippen molar-refractivity contribution in [1.29, 1.82) is 0 Å². The highest BCUT2D eigenvalue weighted by Crippen LogP contribution is 1.97. The maximum absolute atomic E-state index is 11.1. The molecule has 0 aliphatic heterocycles.